The molecule has 1 aromatic heterocycles. The number of benzene rings is 2. The zero-order chi connectivity index (χ0) is 12.7. The predicted octanol–water partition coefficient (Wildman–Crippen LogP) is 5.30. The summed E-state index contributed by atoms with van der Waals surface area (Å²) in [6.45, 7) is 0. The van der Waals surface area contributed by atoms with E-state index in [1.54, 1.807) is 12.1 Å². The Morgan fingerprint density at radius 2 is 1.83 bits per heavy atom. The van der Waals surface area contributed by atoms with Crippen LogP contribution in [-0.4, -0.2) is 9.97 Å². The SMILES string of the molecule is Clc1ccc(Cl)c2[nH]c(-c3cccc(Br)c3)nc12. The highest BCUT2D eigenvalue weighted by molar-refractivity contribution is 9.10. The van der Waals surface area contributed by atoms with Crippen LogP contribution >= 0.6 is 39.1 Å². The summed E-state index contributed by atoms with van der Waals surface area (Å²) in [5.74, 6) is 0.751. The number of nitrogens with one attached hydrogen (secondary N) is 1. The van der Waals surface area contributed by atoms with Gasteiger partial charge >= 0.3 is 0 Å². The van der Waals surface area contributed by atoms with Crippen LogP contribution in [0, 0.1) is 0 Å². The topological polar surface area (TPSA) is 28.7 Å². The second-order valence-electron chi connectivity index (χ2n) is 3.85. The normalized spacial score (nSPS) is 11.1. The lowest BCUT2D eigenvalue weighted by molar-refractivity contribution is 1.33. The van der Waals surface area contributed by atoms with Crippen LogP contribution in [0.2, 0.25) is 10.0 Å². The van der Waals surface area contributed by atoms with Crippen LogP contribution in [0.3, 0.4) is 0 Å². The molecule has 0 spiro atoms. The van der Waals surface area contributed by atoms with E-state index in [1.807, 2.05) is 24.3 Å². The summed E-state index contributed by atoms with van der Waals surface area (Å²) < 4.78 is 0.998. The van der Waals surface area contributed by atoms with Gasteiger partial charge in [-0.05, 0) is 24.3 Å². The van der Waals surface area contributed by atoms with Crippen molar-refractivity contribution in [2.45, 2.75) is 0 Å². The number of rotatable bonds is 1. The molecule has 0 saturated heterocycles. The molecule has 0 saturated carbocycles. The maximum atomic E-state index is 6.12. The molecule has 0 atom stereocenters. The van der Waals surface area contributed by atoms with E-state index in [0.717, 1.165) is 21.4 Å². The third-order valence-electron chi connectivity index (χ3n) is 2.64. The van der Waals surface area contributed by atoms with Crippen molar-refractivity contribution in [1.29, 1.82) is 0 Å². The lowest BCUT2D eigenvalue weighted by atomic mass is 10.2. The number of hydrogen-bond acceptors (Lipinski definition) is 1. The van der Waals surface area contributed by atoms with E-state index in [2.05, 4.69) is 25.9 Å². The highest BCUT2D eigenvalue weighted by atomic mass is 79.9. The Balaban J connectivity index is 2.26. The molecular weight excluding hydrogens is 335 g/mol. The molecule has 5 heteroatoms. The van der Waals surface area contributed by atoms with Crippen LogP contribution in [0.15, 0.2) is 40.9 Å². The Labute approximate surface area is 122 Å². The summed E-state index contributed by atoms with van der Waals surface area (Å²) in [5, 5.41) is 1.20. The number of nitrogens with zero attached hydrogens (tertiary/aromatic N) is 1. The molecule has 3 aromatic rings. The van der Waals surface area contributed by atoms with Crippen molar-refractivity contribution in [2.75, 3.05) is 0 Å². The van der Waals surface area contributed by atoms with E-state index < -0.39 is 0 Å². The van der Waals surface area contributed by atoms with Gasteiger partial charge in [-0.2, -0.15) is 0 Å². The first-order chi connectivity index (χ1) is 8.65. The third kappa shape index (κ3) is 2.03. The minimum Gasteiger partial charge on any atom is -0.337 e. The summed E-state index contributed by atoms with van der Waals surface area (Å²) in [4.78, 5) is 7.69. The molecule has 0 aliphatic rings. The molecule has 1 heterocycles. The van der Waals surface area contributed by atoms with Gasteiger partial charge in [0.05, 0.1) is 15.6 Å². The number of hydrogen-bond donors (Lipinski definition) is 1. The zero-order valence-electron chi connectivity index (χ0n) is 9.05. The Morgan fingerprint density at radius 3 is 2.56 bits per heavy atom. The summed E-state index contributed by atoms with van der Waals surface area (Å²) in [6.07, 6.45) is 0. The molecule has 0 amide bonds. The van der Waals surface area contributed by atoms with Gasteiger partial charge in [-0.15, -0.1) is 0 Å². The fourth-order valence-electron chi connectivity index (χ4n) is 1.80. The minimum absolute atomic E-state index is 0.590. The highest BCUT2D eigenvalue weighted by Gasteiger charge is 2.10. The minimum atomic E-state index is 0.590. The van der Waals surface area contributed by atoms with Crippen molar-refractivity contribution >= 4 is 50.2 Å². The molecule has 0 radical (unpaired) electrons. The summed E-state index contributed by atoms with van der Waals surface area (Å²) in [6, 6.07) is 11.4. The van der Waals surface area contributed by atoms with E-state index in [0.29, 0.717) is 15.6 Å². The third-order valence-corrected chi connectivity index (χ3v) is 3.76. The van der Waals surface area contributed by atoms with Gasteiger partial charge in [-0.1, -0.05) is 51.3 Å². The van der Waals surface area contributed by atoms with Gasteiger partial charge in [0.25, 0.3) is 0 Å². The lowest BCUT2D eigenvalue weighted by Crippen LogP contribution is -1.79. The van der Waals surface area contributed by atoms with Gasteiger partial charge in [0.1, 0.15) is 11.3 Å². The van der Waals surface area contributed by atoms with Crippen molar-refractivity contribution in [3.8, 4) is 11.4 Å². The van der Waals surface area contributed by atoms with Crippen molar-refractivity contribution in [3.63, 3.8) is 0 Å². The van der Waals surface area contributed by atoms with E-state index in [1.165, 1.54) is 0 Å². The Bertz CT molecular complexity index is 698. The number of aromatic nitrogens is 2. The van der Waals surface area contributed by atoms with Gasteiger partial charge in [0, 0.05) is 10.0 Å². The molecule has 0 fully saturated rings. The van der Waals surface area contributed by atoms with Gasteiger partial charge < -0.3 is 4.98 Å². The van der Waals surface area contributed by atoms with Crippen molar-refractivity contribution in [1.82, 2.24) is 9.97 Å². The van der Waals surface area contributed by atoms with Crippen molar-refractivity contribution < 1.29 is 0 Å². The average molecular weight is 342 g/mol. The Morgan fingerprint density at radius 1 is 1.06 bits per heavy atom. The maximum Gasteiger partial charge on any atom is 0.138 e. The first-order valence-electron chi connectivity index (χ1n) is 5.25. The van der Waals surface area contributed by atoms with Crippen LogP contribution in [0.4, 0.5) is 0 Å². The van der Waals surface area contributed by atoms with Crippen LogP contribution in [0.25, 0.3) is 22.4 Å². The largest absolute Gasteiger partial charge is 0.337 e. The average Bonchev–Trinajstić information content (AvgIpc) is 2.80. The summed E-state index contributed by atoms with van der Waals surface area (Å²) in [5.41, 5.74) is 2.44. The number of halogens is 3. The molecule has 0 aliphatic heterocycles. The van der Waals surface area contributed by atoms with E-state index in [-0.39, 0.29) is 0 Å². The summed E-state index contributed by atoms with van der Waals surface area (Å²) in [7, 11) is 0. The second kappa shape index (κ2) is 4.57. The fraction of sp³-hybridized carbons (Fsp3) is 0. The van der Waals surface area contributed by atoms with Crippen molar-refractivity contribution in [3.05, 3.63) is 50.9 Å². The van der Waals surface area contributed by atoms with E-state index in [9.17, 15) is 0 Å². The molecule has 90 valence electrons. The monoisotopic (exact) mass is 340 g/mol. The maximum absolute atomic E-state index is 6.12. The van der Waals surface area contributed by atoms with E-state index >= 15 is 0 Å². The lowest BCUT2D eigenvalue weighted by Gasteiger charge is -1.96. The standard InChI is InChI=1S/C13H7BrCl2N2/c14-8-3-1-2-7(6-8)13-17-11-9(15)4-5-10(16)12(11)18-13/h1-6H,(H,17,18). The Hall–Kier alpha value is -1.03. The first-order valence-corrected chi connectivity index (χ1v) is 6.80. The van der Waals surface area contributed by atoms with Crippen LogP contribution in [-0.2, 0) is 0 Å². The van der Waals surface area contributed by atoms with Crippen LogP contribution in [0.1, 0.15) is 0 Å². The summed E-state index contributed by atoms with van der Waals surface area (Å²) >= 11 is 15.7. The van der Waals surface area contributed by atoms with Gasteiger partial charge in [0.2, 0.25) is 0 Å². The second-order valence-corrected chi connectivity index (χ2v) is 5.58. The number of aromatic amines is 1. The molecule has 2 aromatic carbocycles. The number of imidazole rings is 1. The zero-order valence-corrected chi connectivity index (χ0v) is 12.1. The molecular formula is C13H7BrCl2N2. The van der Waals surface area contributed by atoms with Crippen LogP contribution < -0.4 is 0 Å². The molecule has 2 nitrogen and oxygen atoms in total. The van der Waals surface area contributed by atoms with Crippen molar-refractivity contribution in [2.24, 2.45) is 0 Å². The molecule has 0 bridgehead atoms. The highest BCUT2D eigenvalue weighted by Crippen LogP contribution is 2.31. The molecule has 18 heavy (non-hydrogen) atoms. The molecule has 0 aliphatic carbocycles. The molecule has 3 rings (SSSR count). The van der Waals surface area contributed by atoms with Gasteiger partial charge in [0.15, 0.2) is 0 Å². The van der Waals surface area contributed by atoms with Crippen LogP contribution in [0.5, 0.6) is 0 Å². The number of fused-ring (bicyclic) bond motifs is 1. The van der Waals surface area contributed by atoms with Gasteiger partial charge in [-0.25, -0.2) is 4.98 Å². The predicted molar refractivity (Wildman–Crippen MR) is 79.2 cm³/mol. The van der Waals surface area contributed by atoms with Gasteiger partial charge in [-0.3, -0.25) is 0 Å². The van der Waals surface area contributed by atoms with E-state index in [4.69, 9.17) is 23.2 Å². The number of H-pyrrole nitrogens is 1. The molecule has 1 N–H and O–H groups in total. The fourth-order valence-corrected chi connectivity index (χ4v) is 2.60. The Kier molecular flexibility index (Phi) is 3.06. The quantitative estimate of drug-likeness (QED) is 0.639. The molecule has 0 unspecified atom stereocenters. The smallest absolute Gasteiger partial charge is 0.138 e. The first kappa shape index (κ1) is 12.0.